The molecular formula is C13H18F2N2O. The van der Waals surface area contributed by atoms with Gasteiger partial charge in [-0.2, -0.15) is 0 Å². The number of benzene rings is 1. The van der Waals surface area contributed by atoms with Crippen molar-refractivity contribution in [2.24, 2.45) is 11.7 Å². The second kappa shape index (κ2) is 6.44. The minimum absolute atomic E-state index is 0.0265. The topological polar surface area (TPSA) is 46.3 Å². The standard InChI is InChI=1S/C13H18F2N2O/c1-3-17(8-9(2)7-16)13(18)10-4-11(14)6-12(15)5-10/h4-6,9H,3,7-8,16H2,1-2H3. The van der Waals surface area contributed by atoms with Crippen molar-refractivity contribution >= 4 is 5.91 Å². The molecule has 0 radical (unpaired) electrons. The summed E-state index contributed by atoms with van der Waals surface area (Å²) in [5.74, 6) is -1.73. The van der Waals surface area contributed by atoms with Crippen LogP contribution in [-0.2, 0) is 0 Å². The van der Waals surface area contributed by atoms with Crippen LogP contribution in [0.5, 0.6) is 0 Å². The normalized spacial score (nSPS) is 12.3. The monoisotopic (exact) mass is 256 g/mol. The summed E-state index contributed by atoms with van der Waals surface area (Å²) in [7, 11) is 0. The highest BCUT2D eigenvalue weighted by Gasteiger charge is 2.17. The van der Waals surface area contributed by atoms with E-state index in [1.54, 1.807) is 0 Å². The molecule has 2 N–H and O–H groups in total. The van der Waals surface area contributed by atoms with Gasteiger partial charge in [0.2, 0.25) is 0 Å². The quantitative estimate of drug-likeness (QED) is 0.876. The van der Waals surface area contributed by atoms with Gasteiger partial charge in [-0.3, -0.25) is 4.79 Å². The van der Waals surface area contributed by atoms with Crippen LogP contribution in [0.2, 0.25) is 0 Å². The summed E-state index contributed by atoms with van der Waals surface area (Å²) in [6.45, 7) is 5.14. The zero-order valence-corrected chi connectivity index (χ0v) is 10.6. The number of amides is 1. The highest BCUT2D eigenvalue weighted by molar-refractivity contribution is 5.94. The Kier molecular flexibility index (Phi) is 5.22. The fourth-order valence-electron chi connectivity index (χ4n) is 1.67. The van der Waals surface area contributed by atoms with Crippen molar-refractivity contribution < 1.29 is 13.6 Å². The molecule has 0 heterocycles. The molecule has 0 aliphatic heterocycles. The van der Waals surface area contributed by atoms with Crippen LogP contribution in [0.3, 0.4) is 0 Å². The lowest BCUT2D eigenvalue weighted by molar-refractivity contribution is 0.0742. The van der Waals surface area contributed by atoms with Crippen LogP contribution >= 0.6 is 0 Å². The van der Waals surface area contributed by atoms with Crippen LogP contribution in [-0.4, -0.2) is 30.4 Å². The summed E-state index contributed by atoms with van der Waals surface area (Å²) < 4.78 is 26.1. The lowest BCUT2D eigenvalue weighted by atomic mass is 10.1. The highest BCUT2D eigenvalue weighted by atomic mass is 19.1. The van der Waals surface area contributed by atoms with Crippen molar-refractivity contribution in [1.29, 1.82) is 0 Å². The zero-order valence-electron chi connectivity index (χ0n) is 10.6. The molecule has 1 rings (SSSR count). The van der Waals surface area contributed by atoms with E-state index in [-0.39, 0.29) is 17.4 Å². The first-order chi connectivity index (χ1) is 8.47. The molecule has 1 amide bonds. The molecule has 0 bridgehead atoms. The van der Waals surface area contributed by atoms with Crippen LogP contribution in [0.4, 0.5) is 8.78 Å². The second-order valence-corrected chi connectivity index (χ2v) is 4.34. The van der Waals surface area contributed by atoms with Gasteiger partial charge in [0.05, 0.1) is 0 Å². The van der Waals surface area contributed by atoms with Crippen molar-refractivity contribution in [2.45, 2.75) is 13.8 Å². The molecule has 3 nitrogen and oxygen atoms in total. The zero-order chi connectivity index (χ0) is 13.7. The molecule has 1 aromatic carbocycles. The average molecular weight is 256 g/mol. The molecule has 1 unspecified atom stereocenters. The smallest absolute Gasteiger partial charge is 0.254 e. The van der Waals surface area contributed by atoms with E-state index >= 15 is 0 Å². The van der Waals surface area contributed by atoms with E-state index in [4.69, 9.17) is 5.73 Å². The summed E-state index contributed by atoms with van der Waals surface area (Å²) in [6, 6.07) is 2.83. The Balaban J connectivity index is 2.89. The molecule has 0 fully saturated rings. The lowest BCUT2D eigenvalue weighted by Crippen LogP contribution is -2.36. The Hall–Kier alpha value is -1.49. The molecule has 100 valence electrons. The van der Waals surface area contributed by atoms with Gasteiger partial charge in [0.25, 0.3) is 5.91 Å². The number of hydrogen-bond donors (Lipinski definition) is 1. The number of carbonyl (C=O) groups excluding carboxylic acids is 1. The molecule has 0 saturated carbocycles. The molecule has 0 aliphatic rings. The lowest BCUT2D eigenvalue weighted by Gasteiger charge is -2.24. The van der Waals surface area contributed by atoms with Crippen molar-refractivity contribution in [3.05, 3.63) is 35.4 Å². The third-order valence-corrected chi connectivity index (χ3v) is 2.71. The minimum Gasteiger partial charge on any atom is -0.339 e. The minimum atomic E-state index is -0.749. The van der Waals surface area contributed by atoms with Crippen LogP contribution in [0.15, 0.2) is 18.2 Å². The fourth-order valence-corrected chi connectivity index (χ4v) is 1.67. The highest BCUT2D eigenvalue weighted by Crippen LogP contribution is 2.12. The Morgan fingerprint density at radius 2 is 1.89 bits per heavy atom. The van der Waals surface area contributed by atoms with Crippen LogP contribution < -0.4 is 5.73 Å². The van der Waals surface area contributed by atoms with Gasteiger partial charge in [0.1, 0.15) is 11.6 Å². The van der Waals surface area contributed by atoms with Gasteiger partial charge in [0.15, 0.2) is 0 Å². The average Bonchev–Trinajstić information content (AvgIpc) is 2.33. The van der Waals surface area contributed by atoms with Gasteiger partial charge in [-0.1, -0.05) is 6.92 Å². The maximum atomic E-state index is 13.1. The van der Waals surface area contributed by atoms with E-state index in [9.17, 15) is 13.6 Å². The van der Waals surface area contributed by atoms with E-state index < -0.39 is 11.6 Å². The van der Waals surface area contributed by atoms with Crippen molar-refractivity contribution in [1.82, 2.24) is 4.90 Å². The van der Waals surface area contributed by atoms with Gasteiger partial charge in [-0.25, -0.2) is 8.78 Å². The van der Waals surface area contributed by atoms with E-state index in [1.165, 1.54) is 4.90 Å². The molecule has 18 heavy (non-hydrogen) atoms. The summed E-state index contributed by atoms with van der Waals surface area (Å²) >= 11 is 0. The van der Waals surface area contributed by atoms with Gasteiger partial charge < -0.3 is 10.6 Å². The number of rotatable bonds is 5. The Morgan fingerprint density at radius 3 is 2.33 bits per heavy atom. The first-order valence-electron chi connectivity index (χ1n) is 5.93. The third-order valence-electron chi connectivity index (χ3n) is 2.71. The maximum absolute atomic E-state index is 13.1. The summed E-state index contributed by atoms with van der Waals surface area (Å²) in [5, 5.41) is 0. The number of nitrogens with zero attached hydrogens (tertiary/aromatic N) is 1. The van der Waals surface area contributed by atoms with Gasteiger partial charge >= 0.3 is 0 Å². The second-order valence-electron chi connectivity index (χ2n) is 4.34. The first kappa shape index (κ1) is 14.6. The molecule has 1 aromatic rings. The largest absolute Gasteiger partial charge is 0.339 e. The van der Waals surface area contributed by atoms with Gasteiger partial charge in [-0.15, -0.1) is 0 Å². The van der Waals surface area contributed by atoms with Crippen LogP contribution in [0, 0.1) is 17.6 Å². The molecule has 0 aliphatic carbocycles. The summed E-state index contributed by atoms with van der Waals surface area (Å²) in [6.07, 6.45) is 0. The number of hydrogen-bond acceptors (Lipinski definition) is 2. The summed E-state index contributed by atoms with van der Waals surface area (Å²) in [4.78, 5) is 13.6. The molecule has 0 aromatic heterocycles. The predicted octanol–water partition coefficient (Wildman–Crippen LogP) is 2.02. The van der Waals surface area contributed by atoms with Crippen molar-refractivity contribution in [2.75, 3.05) is 19.6 Å². The number of carbonyl (C=O) groups is 1. The van der Waals surface area contributed by atoms with E-state index in [1.807, 2.05) is 13.8 Å². The van der Waals surface area contributed by atoms with Crippen molar-refractivity contribution in [3.8, 4) is 0 Å². The molecule has 0 saturated heterocycles. The number of nitrogens with two attached hydrogens (primary N) is 1. The number of halogens is 2. The Bertz CT molecular complexity index is 403. The SMILES string of the molecule is CCN(CC(C)CN)C(=O)c1cc(F)cc(F)c1. The fraction of sp³-hybridized carbons (Fsp3) is 0.462. The molecule has 5 heteroatoms. The molecular weight excluding hydrogens is 238 g/mol. The van der Waals surface area contributed by atoms with E-state index in [0.29, 0.717) is 19.6 Å². The van der Waals surface area contributed by atoms with E-state index in [2.05, 4.69) is 0 Å². The van der Waals surface area contributed by atoms with Gasteiger partial charge in [-0.05, 0) is 31.5 Å². The molecule has 0 spiro atoms. The molecule has 1 atom stereocenters. The van der Waals surface area contributed by atoms with E-state index in [0.717, 1.165) is 18.2 Å². The third kappa shape index (κ3) is 3.77. The summed E-state index contributed by atoms with van der Waals surface area (Å²) in [5.41, 5.74) is 5.53. The van der Waals surface area contributed by atoms with Crippen molar-refractivity contribution in [3.63, 3.8) is 0 Å². The first-order valence-corrected chi connectivity index (χ1v) is 5.93. The van der Waals surface area contributed by atoms with Crippen LogP contribution in [0.25, 0.3) is 0 Å². The Morgan fingerprint density at radius 1 is 1.33 bits per heavy atom. The maximum Gasteiger partial charge on any atom is 0.254 e. The van der Waals surface area contributed by atoms with Gasteiger partial charge in [0, 0.05) is 24.7 Å². The Labute approximate surface area is 106 Å². The van der Waals surface area contributed by atoms with Crippen LogP contribution in [0.1, 0.15) is 24.2 Å². The predicted molar refractivity (Wildman–Crippen MR) is 66.2 cm³/mol.